The molecule has 1 aliphatic heterocycles. The van der Waals surface area contributed by atoms with Gasteiger partial charge in [0.1, 0.15) is 5.82 Å². The molecule has 1 aliphatic carbocycles. The number of halogens is 2. The molecule has 2 atom stereocenters. The Balaban J connectivity index is 1.81. The van der Waals surface area contributed by atoms with E-state index in [0.29, 0.717) is 23.7 Å². The van der Waals surface area contributed by atoms with Crippen LogP contribution in [0.2, 0.25) is 5.02 Å². The monoisotopic (exact) mass is 311 g/mol. The summed E-state index contributed by atoms with van der Waals surface area (Å²) in [5.41, 5.74) is 0.637. The van der Waals surface area contributed by atoms with E-state index in [0.717, 1.165) is 31.4 Å². The third-order valence-electron chi connectivity index (χ3n) is 5.03. The number of benzene rings is 1. The maximum Gasteiger partial charge on any atom is 0.311 e. The fourth-order valence-electron chi connectivity index (χ4n) is 3.97. The Morgan fingerprint density at radius 1 is 1.57 bits per heavy atom. The summed E-state index contributed by atoms with van der Waals surface area (Å²) < 4.78 is 14.1. The van der Waals surface area contributed by atoms with E-state index in [4.69, 9.17) is 11.6 Å². The summed E-state index contributed by atoms with van der Waals surface area (Å²) in [6, 6.07) is 3.23. The number of carboxylic acid groups (broad SMARTS) is 1. The summed E-state index contributed by atoms with van der Waals surface area (Å²) in [7, 11) is 0. The maximum absolute atomic E-state index is 14.1. The summed E-state index contributed by atoms with van der Waals surface area (Å²) in [6.07, 6.45) is 2.66. The van der Waals surface area contributed by atoms with Crippen LogP contribution in [0.4, 0.5) is 4.39 Å². The topological polar surface area (TPSA) is 40.5 Å². The number of aliphatic carboxylic acids is 1. The number of likely N-dealkylation sites (tertiary alicyclic amines) is 1. The number of carbonyl (C=O) groups is 1. The molecule has 3 rings (SSSR count). The van der Waals surface area contributed by atoms with Crippen LogP contribution in [0.15, 0.2) is 12.1 Å². The molecule has 0 aromatic heterocycles. The Morgan fingerprint density at radius 3 is 2.95 bits per heavy atom. The number of carboxylic acids is 1. The van der Waals surface area contributed by atoms with Crippen LogP contribution in [0, 0.1) is 24.1 Å². The second-order valence-corrected chi connectivity index (χ2v) is 6.83. The van der Waals surface area contributed by atoms with Gasteiger partial charge in [-0.25, -0.2) is 4.39 Å². The summed E-state index contributed by atoms with van der Waals surface area (Å²) in [6.45, 7) is 3.40. The highest BCUT2D eigenvalue weighted by Crippen LogP contribution is 2.49. The van der Waals surface area contributed by atoms with Gasteiger partial charge in [-0.15, -0.1) is 0 Å². The summed E-state index contributed by atoms with van der Waals surface area (Å²) >= 11 is 6.15. The number of hydrogen-bond acceptors (Lipinski definition) is 2. The lowest BCUT2D eigenvalue weighted by molar-refractivity contribution is -0.149. The minimum Gasteiger partial charge on any atom is -0.481 e. The van der Waals surface area contributed by atoms with Crippen molar-refractivity contribution in [2.75, 3.05) is 13.1 Å². The van der Waals surface area contributed by atoms with Crippen molar-refractivity contribution in [3.63, 3.8) is 0 Å². The van der Waals surface area contributed by atoms with Crippen LogP contribution >= 0.6 is 11.6 Å². The van der Waals surface area contributed by atoms with Gasteiger partial charge in [0.15, 0.2) is 0 Å². The number of aryl methyl sites for hydroxylation is 1. The molecule has 1 aromatic carbocycles. The van der Waals surface area contributed by atoms with Gasteiger partial charge in [-0.05, 0) is 43.4 Å². The second-order valence-electron chi connectivity index (χ2n) is 6.43. The Hall–Kier alpha value is -1.13. The third kappa shape index (κ3) is 2.44. The molecule has 1 heterocycles. The van der Waals surface area contributed by atoms with E-state index >= 15 is 0 Å². The van der Waals surface area contributed by atoms with Gasteiger partial charge in [-0.1, -0.05) is 18.0 Å². The quantitative estimate of drug-likeness (QED) is 0.929. The van der Waals surface area contributed by atoms with Gasteiger partial charge >= 0.3 is 5.97 Å². The van der Waals surface area contributed by atoms with Crippen LogP contribution in [-0.4, -0.2) is 29.1 Å². The first-order valence-electron chi connectivity index (χ1n) is 7.32. The molecule has 0 radical (unpaired) electrons. The van der Waals surface area contributed by atoms with E-state index in [9.17, 15) is 14.3 Å². The van der Waals surface area contributed by atoms with E-state index in [1.807, 2.05) is 4.90 Å². The molecule has 3 nitrogen and oxygen atoms in total. The molecule has 21 heavy (non-hydrogen) atoms. The molecule has 2 fully saturated rings. The van der Waals surface area contributed by atoms with Crippen LogP contribution in [0.25, 0.3) is 0 Å². The summed E-state index contributed by atoms with van der Waals surface area (Å²) in [5, 5.41) is 10.0. The van der Waals surface area contributed by atoms with Crippen molar-refractivity contribution in [3.05, 3.63) is 34.1 Å². The summed E-state index contributed by atoms with van der Waals surface area (Å²) in [4.78, 5) is 13.7. The molecule has 0 spiro atoms. The average Bonchev–Trinajstić information content (AvgIpc) is 2.90. The van der Waals surface area contributed by atoms with E-state index in [1.54, 1.807) is 13.0 Å². The minimum atomic E-state index is -0.706. The van der Waals surface area contributed by atoms with Crippen molar-refractivity contribution >= 4 is 17.6 Å². The number of hydrogen-bond donors (Lipinski definition) is 1. The van der Waals surface area contributed by atoms with Gasteiger partial charge in [-0.3, -0.25) is 9.69 Å². The Morgan fingerprint density at radius 2 is 2.33 bits per heavy atom. The minimum absolute atomic E-state index is 0.183. The number of fused-ring (bicyclic) bond motifs is 1. The van der Waals surface area contributed by atoms with Gasteiger partial charge in [0.05, 0.1) is 5.41 Å². The highest BCUT2D eigenvalue weighted by Gasteiger charge is 2.54. The van der Waals surface area contributed by atoms with Gasteiger partial charge < -0.3 is 5.11 Å². The van der Waals surface area contributed by atoms with Crippen molar-refractivity contribution < 1.29 is 14.3 Å². The van der Waals surface area contributed by atoms with Crippen LogP contribution in [0.1, 0.15) is 30.4 Å². The zero-order valence-electron chi connectivity index (χ0n) is 12.0. The smallest absolute Gasteiger partial charge is 0.311 e. The SMILES string of the molecule is Cc1cc(F)c(CN2C[C@@H]3CCC[C@@]3(C(=O)O)C2)c(Cl)c1. The van der Waals surface area contributed by atoms with E-state index < -0.39 is 11.4 Å². The number of rotatable bonds is 3. The molecule has 1 N–H and O–H groups in total. The fraction of sp³-hybridized carbons (Fsp3) is 0.562. The first kappa shape index (κ1) is 14.8. The van der Waals surface area contributed by atoms with Crippen LogP contribution in [-0.2, 0) is 11.3 Å². The molecule has 1 saturated heterocycles. The maximum atomic E-state index is 14.1. The van der Waals surface area contributed by atoms with Crippen molar-refractivity contribution in [1.29, 1.82) is 0 Å². The lowest BCUT2D eigenvalue weighted by Gasteiger charge is -2.23. The largest absolute Gasteiger partial charge is 0.481 e. The van der Waals surface area contributed by atoms with E-state index in [2.05, 4.69) is 0 Å². The molecule has 0 amide bonds. The van der Waals surface area contributed by atoms with Crippen LogP contribution in [0.3, 0.4) is 0 Å². The number of nitrogens with zero attached hydrogens (tertiary/aromatic N) is 1. The Kier molecular flexibility index (Phi) is 3.70. The highest BCUT2D eigenvalue weighted by atomic mass is 35.5. The summed E-state index contributed by atoms with van der Waals surface area (Å²) in [5.74, 6) is -0.827. The molecule has 1 saturated carbocycles. The van der Waals surface area contributed by atoms with Crippen molar-refractivity contribution in [1.82, 2.24) is 4.90 Å². The van der Waals surface area contributed by atoms with Gasteiger partial charge in [0, 0.05) is 30.2 Å². The predicted molar refractivity (Wildman–Crippen MR) is 78.8 cm³/mol. The average molecular weight is 312 g/mol. The Labute approximate surface area is 128 Å². The van der Waals surface area contributed by atoms with Gasteiger partial charge in [0.25, 0.3) is 0 Å². The highest BCUT2D eigenvalue weighted by molar-refractivity contribution is 6.31. The van der Waals surface area contributed by atoms with Crippen LogP contribution < -0.4 is 0 Å². The third-order valence-corrected chi connectivity index (χ3v) is 5.37. The molecule has 0 unspecified atom stereocenters. The first-order valence-corrected chi connectivity index (χ1v) is 7.70. The van der Waals surface area contributed by atoms with Crippen molar-refractivity contribution in [2.24, 2.45) is 11.3 Å². The van der Waals surface area contributed by atoms with Crippen LogP contribution in [0.5, 0.6) is 0 Å². The second kappa shape index (κ2) is 5.25. The molecule has 0 bridgehead atoms. The molecule has 1 aromatic rings. The molecule has 5 heteroatoms. The van der Waals surface area contributed by atoms with Crippen molar-refractivity contribution in [2.45, 2.75) is 32.7 Å². The van der Waals surface area contributed by atoms with E-state index in [-0.39, 0.29) is 11.7 Å². The van der Waals surface area contributed by atoms with Gasteiger partial charge in [-0.2, -0.15) is 0 Å². The lowest BCUT2D eigenvalue weighted by Crippen LogP contribution is -2.35. The normalized spacial score (nSPS) is 28.8. The standard InChI is InChI=1S/C16H19ClFNO2/c1-10-5-13(17)12(14(18)6-10)8-19-7-11-3-2-4-16(11,9-19)15(20)21/h5-6,11H,2-4,7-9H2,1H3,(H,20,21)/t11-,16+/m0/s1. The predicted octanol–water partition coefficient (Wildman–Crippen LogP) is 3.47. The lowest BCUT2D eigenvalue weighted by atomic mass is 9.81. The molecule has 2 aliphatic rings. The van der Waals surface area contributed by atoms with Crippen molar-refractivity contribution in [3.8, 4) is 0 Å². The van der Waals surface area contributed by atoms with Gasteiger partial charge in [0.2, 0.25) is 0 Å². The molecule has 114 valence electrons. The van der Waals surface area contributed by atoms with E-state index in [1.165, 1.54) is 6.07 Å². The Bertz CT molecular complexity index is 569. The molecular formula is C16H19ClFNO2. The molecular weight excluding hydrogens is 293 g/mol. The first-order chi connectivity index (χ1) is 9.92. The zero-order valence-corrected chi connectivity index (χ0v) is 12.8. The fourth-order valence-corrected chi connectivity index (χ4v) is 4.29. The zero-order chi connectivity index (χ0) is 15.2.